The van der Waals surface area contributed by atoms with Gasteiger partial charge in [-0.05, 0) is 62.8 Å². The van der Waals surface area contributed by atoms with Crippen LogP contribution in [-0.2, 0) is 9.53 Å². The van der Waals surface area contributed by atoms with E-state index in [1.165, 1.54) is 6.08 Å². The van der Waals surface area contributed by atoms with Gasteiger partial charge < -0.3 is 19.8 Å². The molecule has 2 aliphatic carbocycles. The van der Waals surface area contributed by atoms with E-state index in [4.69, 9.17) is 14.1 Å². The van der Waals surface area contributed by atoms with Crippen molar-refractivity contribution in [2.45, 2.75) is 92.1 Å². The number of alkyl halides is 3. The number of fused-ring (bicyclic) bond motifs is 1. The number of carbonyl (C=O) groups is 1. The number of esters is 1. The van der Waals surface area contributed by atoms with Crippen LogP contribution in [0.1, 0.15) is 66.4 Å². The third-order valence-electron chi connectivity index (χ3n) is 6.97. The van der Waals surface area contributed by atoms with Crippen LogP contribution in [0.2, 0.25) is 0 Å². The summed E-state index contributed by atoms with van der Waals surface area (Å²) < 4.78 is 64.3. The minimum absolute atomic E-state index is 0.00359. The maximum Gasteiger partial charge on any atom is 0.401 e. The fraction of sp³-hybridized carbons (Fsp3) is 0.586. The number of nitrogens with one attached hydrogen (secondary N) is 2. The Bertz CT molecular complexity index is 1450. The van der Waals surface area contributed by atoms with Crippen LogP contribution in [0.4, 0.5) is 23.6 Å². The van der Waals surface area contributed by atoms with Crippen molar-refractivity contribution in [1.82, 2.24) is 20.5 Å². The number of aryl methyl sites for hydroxylation is 1. The van der Waals surface area contributed by atoms with Crippen molar-refractivity contribution in [2.75, 3.05) is 11.9 Å². The normalized spacial score (nSPS) is 21.6. The van der Waals surface area contributed by atoms with Gasteiger partial charge in [-0.15, -0.1) is 5.10 Å². The number of hydrogen-bond donors (Lipinski definition) is 2. The second kappa shape index (κ2) is 11.2. The van der Waals surface area contributed by atoms with Crippen molar-refractivity contribution < 1.29 is 31.5 Å². The summed E-state index contributed by atoms with van der Waals surface area (Å²) in [6.07, 6.45) is -1.05. The standard InChI is InChI=1S/C29H37F4N5O3/c1-15-8-22(36-23-20(15)12-17(34-14-29(31,32)33)13-21(23)27(2,3)4)24-37-38-26(41-24)35-18-9-16(30)10-19(11-18)40-25(39)28(5,6)7/h8-9,12,17-19,34H,10-11,13-14H2,1-7H3,(H,35,38)/t17?,18-,19+/m1/s1. The van der Waals surface area contributed by atoms with Gasteiger partial charge in [0.1, 0.15) is 17.6 Å². The fourth-order valence-corrected chi connectivity index (χ4v) is 4.85. The largest absolute Gasteiger partial charge is 0.461 e. The molecule has 0 amide bonds. The Kier molecular flexibility index (Phi) is 8.37. The van der Waals surface area contributed by atoms with Crippen molar-refractivity contribution in [3.05, 3.63) is 34.1 Å². The van der Waals surface area contributed by atoms with Crippen molar-refractivity contribution in [3.8, 4) is 11.6 Å². The number of halogens is 4. The molecule has 224 valence electrons. The Labute approximate surface area is 236 Å². The van der Waals surface area contributed by atoms with Gasteiger partial charge >= 0.3 is 18.2 Å². The average Bonchev–Trinajstić information content (AvgIpc) is 3.28. The molecule has 0 spiro atoms. The van der Waals surface area contributed by atoms with Gasteiger partial charge in [0.15, 0.2) is 0 Å². The SMILES string of the molecule is Cc1cc(-c2nnc(N[C@@H]3C=C(F)C[C@H](OC(=O)C(C)(C)C)C3)o2)nc2c1=CC(NCC(F)(F)F)CC=2C(C)(C)C. The first-order chi connectivity index (χ1) is 18.9. The van der Waals surface area contributed by atoms with E-state index in [0.29, 0.717) is 23.9 Å². The predicted octanol–water partition coefficient (Wildman–Crippen LogP) is 4.73. The summed E-state index contributed by atoms with van der Waals surface area (Å²) in [5, 5.41) is 15.2. The highest BCUT2D eigenvalue weighted by Crippen LogP contribution is 2.31. The lowest BCUT2D eigenvalue weighted by molar-refractivity contribution is -0.159. The van der Waals surface area contributed by atoms with Gasteiger partial charge in [0.25, 0.3) is 5.89 Å². The third kappa shape index (κ3) is 7.72. The Balaban J connectivity index is 1.58. The van der Waals surface area contributed by atoms with Gasteiger partial charge in [0.2, 0.25) is 0 Å². The van der Waals surface area contributed by atoms with E-state index >= 15 is 0 Å². The van der Waals surface area contributed by atoms with Crippen LogP contribution in [0.15, 0.2) is 22.4 Å². The molecule has 4 rings (SSSR count). The van der Waals surface area contributed by atoms with Crippen LogP contribution in [0, 0.1) is 17.8 Å². The van der Waals surface area contributed by atoms with Gasteiger partial charge in [-0.1, -0.05) is 31.9 Å². The summed E-state index contributed by atoms with van der Waals surface area (Å²) in [4.78, 5) is 17.1. The predicted molar refractivity (Wildman–Crippen MR) is 146 cm³/mol. The Hall–Kier alpha value is -3.28. The third-order valence-corrected chi connectivity index (χ3v) is 6.97. The van der Waals surface area contributed by atoms with E-state index in [9.17, 15) is 22.4 Å². The molecule has 0 aromatic carbocycles. The van der Waals surface area contributed by atoms with Crippen LogP contribution >= 0.6 is 0 Å². The monoisotopic (exact) mass is 579 g/mol. The fourth-order valence-electron chi connectivity index (χ4n) is 4.85. The van der Waals surface area contributed by atoms with Crippen LogP contribution in [0.5, 0.6) is 0 Å². The minimum Gasteiger partial charge on any atom is -0.461 e. The Morgan fingerprint density at radius 2 is 1.78 bits per heavy atom. The van der Waals surface area contributed by atoms with E-state index in [2.05, 4.69) is 20.8 Å². The lowest BCUT2D eigenvalue weighted by Crippen LogP contribution is -2.46. The highest BCUT2D eigenvalue weighted by atomic mass is 19.4. The summed E-state index contributed by atoms with van der Waals surface area (Å²) in [7, 11) is 0. The molecule has 0 aliphatic heterocycles. The number of anilines is 1. The molecule has 0 saturated carbocycles. The molecule has 2 aliphatic rings. The number of carbonyl (C=O) groups excluding carboxylic acids is 1. The van der Waals surface area contributed by atoms with Crippen LogP contribution in [0.3, 0.4) is 0 Å². The highest BCUT2D eigenvalue weighted by Gasteiger charge is 2.32. The molecule has 0 saturated heterocycles. The van der Waals surface area contributed by atoms with Gasteiger partial charge in [0.05, 0.1) is 23.4 Å². The van der Waals surface area contributed by atoms with Crippen molar-refractivity contribution >= 4 is 23.6 Å². The molecule has 12 heteroatoms. The zero-order chi connectivity index (χ0) is 30.3. The van der Waals surface area contributed by atoms with Crippen molar-refractivity contribution in [2.24, 2.45) is 10.8 Å². The molecule has 0 fully saturated rings. The molecule has 2 heterocycles. The summed E-state index contributed by atoms with van der Waals surface area (Å²) in [5.74, 6) is -0.673. The minimum atomic E-state index is -4.31. The molecule has 1 unspecified atom stereocenters. The topological polar surface area (TPSA) is 102 Å². The van der Waals surface area contributed by atoms with Gasteiger partial charge in [-0.2, -0.15) is 13.2 Å². The molecular weight excluding hydrogens is 542 g/mol. The average molecular weight is 580 g/mol. The van der Waals surface area contributed by atoms with E-state index < -0.39 is 48.1 Å². The molecule has 2 N–H and O–H groups in total. The molecule has 2 aromatic heterocycles. The first kappa shape index (κ1) is 30.7. The Morgan fingerprint density at radius 1 is 1.07 bits per heavy atom. The number of nitrogens with zero attached hydrogens (tertiary/aromatic N) is 3. The van der Waals surface area contributed by atoms with Gasteiger partial charge in [-0.3, -0.25) is 4.79 Å². The zero-order valence-corrected chi connectivity index (χ0v) is 24.4. The van der Waals surface area contributed by atoms with Crippen LogP contribution in [-0.4, -0.2) is 52.1 Å². The number of hydrogen-bond acceptors (Lipinski definition) is 8. The van der Waals surface area contributed by atoms with E-state index in [0.717, 1.165) is 16.4 Å². The maximum absolute atomic E-state index is 14.4. The second-order valence-corrected chi connectivity index (χ2v) is 12.8. The molecule has 41 heavy (non-hydrogen) atoms. The highest BCUT2D eigenvalue weighted by molar-refractivity contribution is 5.75. The summed E-state index contributed by atoms with van der Waals surface area (Å²) in [6, 6.07) is 0.780. The number of rotatable bonds is 6. The van der Waals surface area contributed by atoms with Crippen LogP contribution < -0.4 is 21.2 Å². The molecule has 8 nitrogen and oxygen atoms in total. The van der Waals surface area contributed by atoms with E-state index in [-0.39, 0.29) is 23.7 Å². The number of aromatic nitrogens is 3. The second-order valence-electron chi connectivity index (χ2n) is 12.8. The van der Waals surface area contributed by atoms with E-state index in [1.54, 1.807) is 32.9 Å². The molecule has 2 aromatic rings. The quantitative estimate of drug-likeness (QED) is 0.374. The zero-order valence-electron chi connectivity index (χ0n) is 24.4. The molecule has 0 radical (unpaired) electrons. The first-order valence-electron chi connectivity index (χ1n) is 13.6. The van der Waals surface area contributed by atoms with Gasteiger partial charge in [0, 0.05) is 24.1 Å². The van der Waals surface area contributed by atoms with Crippen LogP contribution in [0.25, 0.3) is 23.2 Å². The smallest absolute Gasteiger partial charge is 0.401 e. The first-order valence-corrected chi connectivity index (χ1v) is 13.6. The maximum atomic E-state index is 14.4. The summed E-state index contributed by atoms with van der Waals surface area (Å²) in [5.41, 5.74) is 1.08. The number of ether oxygens (including phenoxy) is 1. The van der Waals surface area contributed by atoms with E-state index in [1.807, 2.05) is 27.7 Å². The number of pyridine rings is 1. The van der Waals surface area contributed by atoms with Gasteiger partial charge in [-0.25, -0.2) is 9.37 Å². The Morgan fingerprint density at radius 3 is 2.41 bits per heavy atom. The molecule has 3 atom stereocenters. The molecule has 0 bridgehead atoms. The summed E-state index contributed by atoms with van der Waals surface area (Å²) >= 11 is 0. The lowest BCUT2D eigenvalue weighted by Gasteiger charge is -2.29. The molecular formula is C29H37F4N5O3. The lowest BCUT2D eigenvalue weighted by atomic mass is 9.79. The van der Waals surface area contributed by atoms with Crippen molar-refractivity contribution in [1.29, 1.82) is 0 Å². The van der Waals surface area contributed by atoms with Crippen molar-refractivity contribution in [3.63, 3.8) is 0 Å². The summed E-state index contributed by atoms with van der Waals surface area (Å²) in [6.45, 7) is 12.0.